The molecule has 2 aromatic heterocycles. The fraction of sp³-hybridized carbons (Fsp3) is 0.286. The highest BCUT2D eigenvalue weighted by atomic mass is 16.5. The van der Waals surface area contributed by atoms with E-state index >= 15 is 0 Å². The van der Waals surface area contributed by atoms with Crippen LogP contribution in [0.15, 0.2) is 54.9 Å². The minimum Gasteiger partial charge on any atom is -0.378 e. The average molecular weight is 376 g/mol. The van der Waals surface area contributed by atoms with Gasteiger partial charge in [-0.15, -0.1) is 0 Å². The summed E-state index contributed by atoms with van der Waals surface area (Å²) in [5, 5.41) is 6.81. The summed E-state index contributed by atoms with van der Waals surface area (Å²) in [6, 6.07) is 14.2. The number of ether oxygens (including phenoxy) is 1. The molecule has 1 aliphatic heterocycles. The number of rotatable bonds is 6. The Morgan fingerprint density at radius 3 is 2.68 bits per heavy atom. The first kappa shape index (κ1) is 18.2. The molecule has 7 heteroatoms. The highest BCUT2D eigenvalue weighted by molar-refractivity contribution is 5.75. The molecule has 0 unspecified atom stereocenters. The van der Waals surface area contributed by atoms with Crippen molar-refractivity contribution in [1.29, 1.82) is 0 Å². The van der Waals surface area contributed by atoms with Gasteiger partial charge in [-0.3, -0.25) is 4.98 Å². The number of pyridine rings is 1. The quantitative estimate of drug-likeness (QED) is 0.683. The van der Waals surface area contributed by atoms with E-state index in [4.69, 9.17) is 4.74 Å². The van der Waals surface area contributed by atoms with Crippen molar-refractivity contribution in [2.24, 2.45) is 0 Å². The van der Waals surface area contributed by atoms with Gasteiger partial charge in [-0.25, -0.2) is 9.97 Å². The number of para-hydroxylation sites is 2. The average Bonchev–Trinajstić information content (AvgIpc) is 2.74. The Hall–Kier alpha value is -3.19. The predicted octanol–water partition coefficient (Wildman–Crippen LogP) is 3.37. The van der Waals surface area contributed by atoms with Gasteiger partial charge >= 0.3 is 0 Å². The van der Waals surface area contributed by atoms with E-state index in [9.17, 15) is 0 Å². The van der Waals surface area contributed by atoms with Crippen LogP contribution in [0.4, 0.5) is 23.0 Å². The van der Waals surface area contributed by atoms with Crippen molar-refractivity contribution < 1.29 is 4.74 Å². The van der Waals surface area contributed by atoms with Gasteiger partial charge in [-0.1, -0.05) is 18.2 Å². The van der Waals surface area contributed by atoms with E-state index in [0.717, 1.165) is 54.9 Å². The SMILES string of the molecule is Cc1nc(NCc2cccnc2)cc(Nc2ccccc2N2CCOCC2)n1. The molecule has 1 aliphatic rings. The van der Waals surface area contributed by atoms with Crippen LogP contribution < -0.4 is 15.5 Å². The Bertz CT molecular complexity index is 912. The van der Waals surface area contributed by atoms with E-state index in [1.165, 1.54) is 0 Å². The number of aryl methyl sites for hydroxylation is 1. The Morgan fingerprint density at radius 2 is 1.86 bits per heavy atom. The van der Waals surface area contributed by atoms with E-state index < -0.39 is 0 Å². The van der Waals surface area contributed by atoms with Gasteiger partial charge in [0.05, 0.1) is 24.6 Å². The number of morpholine rings is 1. The van der Waals surface area contributed by atoms with Gasteiger partial charge in [-0.05, 0) is 30.7 Å². The van der Waals surface area contributed by atoms with Crippen molar-refractivity contribution in [1.82, 2.24) is 15.0 Å². The molecule has 1 aromatic carbocycles. The summed E-state index contributed by atoms with van der Waals surface area (Å²) in [5.41, 5.74) is 3.29. The van der Waals surface area contributed by atoms with E-state index in [0.29, 0.717) is 12.4 Å². The first-order valence-electron chi connectivity index (χ1n) is 9.45. The fourth-order valence-electron chi connectivity index (χ4n) is 3.21. The summed E-state index contributed by atoms with van der Waals surface area (Å²) in [4.78, 5) is 15.5. The van der Waals surface area contributed by atoms with E-state index in [1.807, 2.05) is 37.4 Å². The minimum atomic E-state index is 0.661. The maximum atomic E-state index is 5.48. The lowest BCUT2D eigenvalue weighted by molar-refractivity contribution is 0.123. The second-order valence-corrected chi connectivity index (χ2v) is 6.64. The molecule has 144 valence electrons. The molecule has 0 bridgehead atoms. The van der Waals surface area contributed by atoms with Crippen LogP contribution in [0.5, 0.6) is 0 Å². The number of aromatic nitrogens is 3. The molecule has 4 rings (SSSR count). The van der Waals surface area contributed by atoms with Crippen molar-refractivity contribution >= 4 is 23.0 Å². The Labute approximate surface area is 164 Å². The van der Waals surface area contributed by atoms with Crippen LogP contribution in [0.25, 0.3) is 0 Å². The molecule has 0 aliphatic carbocycles. The normalized spacial score (nSPS) is 14.0. The summed E-state index contributed by atoms with van der Waals surface area (Å²) >= 11 is 0. The molecule has 3 heterocycles. The van der Waals surface area contributed by atoms with Gasteiger partial charge < -0.3 is 20.3 Å². The van der Waals surface area contributed by atoms with Crippen molar-refractivity contribution in [2.75, 3.05) is 41.8 Å². The summed E-state index contributed by atoms with van der Waals surface area (Å²) in [6.07, 6.45) is 3.62. The van der Waals surface area contributed by atoms with Crippen LogP contribution in [-0.4, -0.2) is 41.3 Å². The smallest absolute Gasteiger partial charge is 0.136 e. The zero-order chi connectivity index (χ0) is 19.2. The molecule has 0 saturated carbocycles. The predicted molar refractivity (Wildman–Crippen MR) is 111 cm³/mol. The molecular formula is C21H24N6O. The molecule has 0 spiro atoms. The summed E-state index contributed by atoms with van der Waals surface area (Å²) in [6.45, 7) is 5.84. The lowest BCUT2D eigenvalue weighted by atomic mass is 10.2. The molecule has 0 atom stereocenters. The number of anilines is 4. The highest BCUT2D eigenvalue weighted by Crippen LogP contribution is 2.29. The first-order chi connectivity index (χ1) is 13.8. The van der Waals surface area contributed by atoms with Crippen molar-refractivity contribution in [3.63, 3.8) is 0 Å². The monoisotopic (exact) mass is 376 g/mol. The maximum absolute atomic E-state index is 5.48. The summed E-state index contributed by atoms with van der Waals surface area (Å²) in [5.74, 6) is 2.26. The molecule has 0 radical (unpaired) electrons. The van der Waals surface area contributed by atoms with E-state index in [-0.39, 0.29) is 0 Å². The van der Waals surface area contributed by atoms with Crippen LogP contribution in [0.2, 0.25) is 0 Å². The largest absolute Gasteiger partial charge is 0.378 e. The van der Waals surface area contributed by atoms with Gasteiger partial charge in [0.15, 0.2) is 0 Å². The second kappa shape index (κ2) is 8.67. The standard InChI is InChI=1S/C21H24N6O/c1-16-24-20(23-15-17-5-4-8-22-14-17)13-21(25-16)26-18-6-2-3-7-19(18)27-9-11-28-12-10-27/h2-8,13-14H,9-12,15H2,1H3,(H2,23,24,25,26). The zero-order valence-electron chi connectivity index (χ0n) is 15.9. The third-order valence-electron chi connectivity index (χ3n) is 4.55. The maximum Gasteiger partial charge on any atom is 0.136 e. The van der Waals surface area contributed by atoms with Gasteiger partial charge in [-0.2, -0.15) is 0 Å². The van der Waals surface area contributed by atoms with Gasteiger partial charge in [0.2, 0.25) is 0 Å². The number of nitrogens with zero attached hydrogens (tertiary/aromatic N) is 4. The lowest BCUT2D eigenvalue weighted by Crippen LogP contribution is -2.36. The molecule has 3 aromatic rings. The topological polar surface area (TPSA) is 75.2 Å². The van der Waals surface area contributed by atoms with Gasteiger partial charge in [0.1, 0.15) is 17.5 Å². The number of benzene rings is 1. The second-order valence-electron chi connectivity index (χ2n) is 6.64. The number of hydrogen-bond donors (Lipinski definition) is 2. The van der Waals surface area contributed by atoms with Crippen LogP contribution in [-0.2, 0) is 11.3 Å². The van der Waals surface area contributed by atoms with Gasteiger partial charge in [0.25, 0.3) is 0 Å². The third kappa shape index (κ3) is 4.55. The summed E-state index contributed by atoms with van der Waals surface area (Å²) < 4.78 is 5.48. The molecule has 1 fully saturated rings. The Morgan fingerprint density at radius 1 is 1.04 bits per heavy atom. The Balaban J connectivity index is 1.51. The van der Waals surface area contributed by atoms with Crippen molar-refractivity contribution in [2.45, 2.75) is 13.5 Å². The van der Waals surface area contributed by atoms with Crippen LogP contribution in [0.1, 0.15) is 11.4 Å². The van der Waals surface area contributed by atoms with Crippen molar-refractivity contribution in [3.8, 4) is 0 Å². The molecule has 2 N–H and O–H groups in total. The fourth-order valence-corrected chi connectivity index (χ4v) is 3.21. The van der Waals surface area contributed by atoms with Crippen LogP contribution in [0.3, 0.4) is 0 Å². The Kier molecular flexibility index (Phi) is 5.63. The summed E-state index contributed by atoms with van der Waals surface area (Å²) in [7, 11) is 0. The molecular weight excluding hydrogens is 352 g/mol. The van der Waals surface area contributed by atoms with Crippen molar-refractivity contribution in [3.05, 3.63) is 66.2 Å². The van der Waals surface area contributed by atoms with Crippen LogP contribution >= 0.6 is 0 Å². The molecule has 1 saturated heterocycles. The lowest BCUT2D eigenvalue weighted by Gasteiger charge is -2.30. The first-order valence-corrected chi connectivity index (χ1v) is 9.45. The van der Waals surface area contributed by atoms with Gasteiger partial charge in [0, 0.05) is 38.1 Å². The zero-order valence-corrected chi connectivity index (χ0v) is 15.9. The highest BCUT2D eigenvalue weighted by Gasteiger charge is 2.15. The third-order valence-corrected chi connectivity index (χ3v) is 4.55. The number of nitrogens with one attached hydrogen (secondary N) is 2. The number of hydrogen-bond acceptors (Lipinski definition) is 7. The minimum absolute atomic E-state index is 0.661. The molecule has 0 amide bonds. The molecule has 28 heavy (non-hydrogen) atoms. The van der Waals surface area contributed by atoms with Crippen LogP contribution in [0, 0.1) is 6.92 Å². The molecule has 7 nitrogen and oxygen atoms in total. The van der Waals surface area contributed by atoms with E-state index in [1.54, 1.807) is 6.20 Å². The van der Waals surface area contributed by atoms with E-state index in [2.05, 4.69) is 48.7 Å².